The van der Waals surface area contributed by atoms with Crippen molar-refractivity contribution in [3.05, 3.63) is 29.8 Å². The molecule has 1 saturated carbocycles. The van der Waals surface area contributed by atoms with E-state index in [9.17, 15) is 18.4 Å². The lowest BCUT2D eigenvalue weighted by molar-refractivity contribution is -0.121. The Balaban J connectivity index is 1.80. The van der Waals surface area contributed by atoms with Gasteiger partial charge in [0.05, 0.1) is 6.04 Å². The molecule has 1 aromatic carbocycles. The van der Waals surface area contributed by atoms with Crippen molar-refractivity contribution in [1.82, 2.24) is 16.0 Å². The Kier molecular flexibility index (Phi) is 8.29. The van der Waals surface area contributed by atoms with E-state index >= 15 is 0 Å². The zero-order valence-corrected chi connectivity index (χ0v) is 15.5. The van der Waals surface area contributed by atoms with Crippen molar-refractivity contribution in [3.8, 4) is 5.75 Å². The molecule has 1 unspecified atom stereocenters. The minimum Gasteiger partial charge on any atom is -0.434 e. The van der Waals surface area contributed by atoms with Gasteiger partial charge in [0.2, 0.25) is 5.91 Å². The van der Waals surface area contributed by atoms with Crippen molar-refractivity contribution in [2.75, 3.05) is 6.54 Å². The van der Waals surface area contributed by atoms with Crippen molar-refractivity contribution >= 4 is 11.9 Å². The van der Waals surface area contributed by atoms with Gasteiger partial charge in [-0.1, -0.05) is 38.0 Å². The maximum absolute atomic E-state index is 12.6. The SMILES string of the molecule is CCC(NC(=O)NCCC(=O)NC1CCCC1)c1ccccc1OC(F)F. The first-order valence-electron chi connectivity index (χ1n) is 9.37. The molecule has 150 valence electrons. The van der Waals surface area contributed by atoms with Gasteiger partial charge in [0, 0.05) is 24.6 Å². The molecule has 0 aromatic heterocycles. The Morgan fingerprint density at radius 1 is 1.22 bits per heavy atom. The molecule has 1 fully saturated rings. The molecule has 0 heterocycles. The Morgan fingerprint density at radius 3 is 2.59 bits per heavy atom. The molecular formula is C19H27F2N3O3. The summed E-state index contributed by atoms with van der Waals surface area (Å²) in [5, 5.41) is 8.33. The number of carbonyl (C=O) groups excluding carboxylic acids is 2. The van der Waals surface area contributed by atoms with E-state index < -0.39 is 18.7 Å². The minimum absolute atomic E-state index is 0.0376. The fraction of sp³-hybridized carbons (Fsp3) is 0.579. The first kappa shape index (κ1) is 20.9. The molecule has 0 saturated heterocycles. The number of amides is 3. The van der Waals surface area contributed by atoms with E-state index in [1.165, 1.54) is 6.07 Å². The van der Waals surface area contributed by atoms with Gasteiger partial charge in [-0.15, -0.1) is 0 Å². The molecule has 3 N–H and O–H groups in total. The number of ether oxygens (including phenoxy) is 1. The number of hydrogen-bond donors (Lipinski definition) is 3. The maximum Gasteiger partial charge on any atom is 0.387 e. The lowest BCUT2D eigenvalue weighted by Gasteiger charge is -2.21. The van der Waals surface area contributed by atoms with Crippen molar-refractivity contribution in [1.29, 1.82) is 0 Å². The first-order chi connectivity index (χ1) is 13.0. The van der Waals surface area contributed by atoms with E-state index in [0.29, 0.717) is 12.0 Å². The number of carbonyl (C=O) groups is 2. The molecule has 1 aromatic rings. The van der Waals surface area contributed by atoms with Crippen LogP contribution in [0.2, 0.25) is 0 Å². The average Bonchev–Trinajstić information content (AvgIpc) is 3.12. The number of rotatable bonds is 9. The average molecular weight is 383 g/mol. The second-order valence-electron chi connectivity index (χ2n) is 6.58. The number of nitrogens with one attached hydrogen (secondary N) is 3. The van der Waals surface area contributed by atoms with Crippen molar-refractivity contribution in [2.45, 2.75) is 64.1 Å². The summed E-state index contributed by atoms with van der Waals surface area (Å²) < 4.78 is 29.6. The molecule has 0 radical (unpaired) electrons. The molecule has 27 heavy (non-hydrogen) atoms. The van der Waals surface area contributed by atoms with Gasteiger partial charge in [0.1, 0.15) is 5.75 Å². The summed E-state index contributed by atoms with van der Waals surface area (Å²) >= 11 is 0. The highest BCUT2D eigenvalue weighted by atomic mass is 19.3. The number of alkyl halides is 2. The lowest BCUT2D eigenvalue weighted by Crippen LogP contribution is -2.40. The Bertz CT molecular complexity index is 622. The third-order valence-corrected chi connectivity index (χ3v) is 4.58. The van der Waals surface area contributed by atoms with Crippen LogP contribution in [0.4, 0.5) is 13.6 Å². The monoisotopic (exact) mass is 383 g/mol. The van der Waals surface area contributed by atoms with Crippen molar-refractivity contribution < 1.29 is 23.1 Å². The summed E-state index contributed by atoms with van der Waals surface area (Å²) in [4.78, 5) is 24.0. The third kappa shape index (κ3) is 7.03. The standard InChI is InChI=1S/C19H27F2N3O3/c1-2-15(14-9-5-6-10-16(14)27-18(20)21)24-19(26)22-12-11-17(25)23-13-7-3-4-8-13/h5-6,9-10,13,15,18H,2-4,7-8,11-12H2,1H3,(H,23,25)(H2,22,24,26). The van der Waals surface area contributed by atoms with Crippen LogP contribution in [0.5, 0.6) is 5.75 Å². The van der Waals surface area contributed by atoms with Crippen LogP contribution in [0, 0.1) is 0 Å². The predicted molar refractivity (Wildman–Crippen MR) is 97.7 cm³/mol. The summed E-state index contributed by atoms with van der Waals surface area (Å²) in [6.45, 7) is -0.898. The first-order valence-corrected chi connectivity index (χ1v) is 9.37. The molecule has 0 bridgehead atoms. The summed E-state index contributed by atoms with van der Waals surface area (Å²) in [5.41, 5.74) is 0.481. The summed E-state index contributed by atoms with van der Waals surface area (Å²) in [7, 11) is 0. The van der Waals surface area contributed by atoms with E-state index in [2.05, 4.69) is 20.7 Å². The Labute approximate surface area is 158 Å². The zero-order valence-electron chi connectivity index (χ0n) is 15.5. The van der Waals surface area contributed by atoms with Crippen LogP contribution in [-0.4, -0.2) is 31.1 Å². The molecule has 8 heteroatoms. The normalized spacial score (nSPS) is 15.4. The predicted octanol–water partition coefficient (Wildman–Crippen LogP) is 3.49. The second kappa shape index (κ2) is 10.7. The summed E-state index contributed by atoms with van der Waals surface area (Å²) in [6, 6.07) is 5.69. The topological polar surface area (TPSA) is 79.5 Å². The van der Waals surface area contributed by atoms with Crippen LogP contribution in [0.25, 0.3) is 0 Å². The van der Waals surface area contributed by atoms with Gasteiger partial charge >= 0.3 is 12.6 Å². The number of halogens is 2. The number of urea groups is 1. The molecule has 6 nitrogen and oxygen atoms in total. The van der Waals surface area contributed by atoms with Crippen LogP contribution in [-0.2, 0) is 4.79 Å². The van der Waals surface area contributed by atoms with Crippen LogP contribution in [0.1, 0.15) is 57.1 Å². The smallest absolute Gasteiger partial charge is 0.387 e. The number of hydrogen-bond acceptors (Lipinski definition) is 3. The summed E-state index contributed by atoms with van der Waals surface area (Å²) in [5.74, 6) is -0.0412. The Morgan fingerprint density at radius 2 is 1.93 bits per heavy atom. The van der Waals surface area contributed by atoms with Crippen LogP contribution >= 0.6 is 0 Å². The van der Waals surface area contributed by atoms with E-state index in [0.717, 1.165) is 25.7 Å². The molecule has 3 amide bonds. The van der Waals surface area contributed by atoms with Gasteiger partial charge in [-0.25, -0.2) is 4.79 Å². The molecule has 1 aliphatic rings. The fourth-order valence-corrected chi connectivity index (χ4v) is 3.24. The molecule has 1 aliphatic carbocycles. The van der Waals surface area contributed by atoms with Crippen molar-refractivity contribution in [2.24, 2.45) is 0 Å². The maximum atomic E-state index is 12.6. The number of benzene rings is 1. The van der Waals surface area contributed by atoms with Gasteiger partial charge in [-0.2, -0.15) is 8.78 Å². The highest BCUT2D eigenvalue weighted by molar-refractivity contribution is 5.78. The molecule has 0 spiro atoms. The van der Waals surface area contributed by atoms with E-state index in [1.54, 1.807) is 18.2 Å². The Hall–Kier alpha value is -2.38. The van der Waals surface area contributed by atoms with Crippen LogP contribution in [0.15, 0.2) is 24.3 Å². The minimum atomic E-state index is -2.93. The molecule has 1 atom stereocenters. The lowest BCUT2D eigenvalue weighted by atomic mass is 10.0. The molecule has 0 aliphatic heterocycles. The van der Waals surface area contributed by atoms with E-state index in [1.807, 2.05) is 6.92 Å². The quantitative estimate of drug-likeness (QED) is 0.611. The highest BCUT2D eigenvalue weighted by Gasteiger charge is 2.19. The number of para-hydroxylation sites is 1. The van der Waals surface area contributed by atoms with E-state index in [-0.39, 0.29) is 30.7 Å². The van der Waals surface area contributed by atoms with Crippen molar-refractivity contribution in [3.63, 3.8) is 0 Å². The van der Waals surface area contributed by atoms with Crippen LogP contribution < -0.4 is 20.7 Å². The van der Waals surface area contributed by atoms with E-state index in [4.69, 9.17) is 0 Å². The van der Waals surface area contributed by atoms with Gasteiger partial charge in [-0.3, -0.25) is 4.79 Å². The van der Waals surface area contributed by atoms with Gasteiger partial charge in [-0.05, 0) is 25.3 Å². The third-order valence-electron chi connectivity index (χ3n) is 4.58. The van der Waals surface area contributed by atoms with Gasteiger partial charge in [0.15, 0.2) is 0 Å². The van der Waals surface area contributed by atoms with Gasteiger partial charge < -0.3 is 20.7 Å². The zero-order chi connectivity index (χ0) is 19.6. The summed E-state index contributed by atoms with van der Waals surface area (Å²) in [6.07, 6.45) is 5.00. The van der Waals surface area contributed by atoms with Crippen LogP contribution in [0.3, 0.4) is 0 Å². The fourth-order valence-electron chi connectivity index (χ4n) is 3.24. The largest absolute Gasteiger partial charge is 0.434 e. The highest BCUT2D eigenvalue weighted by Crippen LogP contribution is 2.28. The van der Waals surface area contributed by atoms with Gasteiger partial charge in [0.25, 0.3) is 0 Å². The second-order valence-corrected chi connectivity index (χ2v) is 6.58. The molecule has 2 rings (SSSR count). The molecular weight excluding hydrogens is 356 g/mol.